The Morgan fingerprint density at radius 3 is 2.40 bits per heavy atom. The first-order valence-electron chi connectivity index (χ1n) is 3.58. The van der Waals surface area contributed by atoms with E-state index in [0.717, 1.165) is 12.1 Å². The number of hydrogen-bond donors (Lipinski definition) is 3. The number of carboxylic acids is 1. The zero-order valence-electron chi connectivity index (χ0n) is 7.14. The van der Waals surface area contributed by atoms with Gasteiger partial charge in [0, 0.05) is 16.7 Å². The summed E-state index contributed by atoms with van der Waals surface area (Å²) in [4.78, 5) is 10.5. The standard InChI is InChI=1S/C7H6ClNO5S/c8-15(13,14)9-4-1-2-5(7(11)12)6(10)3-4/h1-3,9-10H,(H,11,12). The van der Waals surface area contributed by atoms with Crippen molar-refractivity contribution < 1.29 is 23.4 Å². The highest BCUT2D eigenvalue weighted by atomic mass is 35.7. The van der Waals surface area contributed by atoms with Crippen molar-refractivity contribution in [1.29, 1.82) is 0 Å². The first-order chi connectivity index (χ1) is 6.79. The van der Waals surface area contributed by atoms with Gasteiger partial charge in [0.15, 0.2) is 0 Å². The second kappa shape index (κ2) is 3.95. The van der Waals surface area contributed by atoms with E-state index in [-0.39, 0.29) is 11.3 Å². The normalized spacial score (nSPS) is 11.0. The summed E-state index contributed by atoms with van der Waals surface area (Å²) in [5.74, 6) is -1.86. The van der Waals surface area contributed by atoms with E-state index in [0.29, 0.717) is 0 Å². The molecular formula is C7H6ClNO5S. The molecule has 0 saturated heterocycles. The van der Waals surface area contributed by atoms with Crippen LogP contribution >= 0.6 is 10.7 Å². The molecule has 0 amide bonds. The summed E-state index contributed by atoms with van der Waals surface area (Å²) in [7, 11) is 0.922. The summed E-state index contributed by atoms with van der Waals surface area (Å²) in [6, 6.07) is 3.18. The van der Waals surface area contributed by atoms with Crippen LogP contribution in [0, 0.1) is 0 Å². The van der Waals surface area contributed by atoms with Crippen LogP contribution in [-0.2, 0) is 9.24 Å². The minimum atomic E-state index is -3.96. The van der Waals surface area contributed by atoms with Crippen LogP contribution in [0.25, 0.3) is 0 Å². The molecule has 1 rings (SSSR count). The van der Waals surface area contributed by atoms with Crippen molar-refractivity contribution in [3.8, 4) is 5.75 Å². The Kier molecular flexibility index (Phi) is 3.06. The minimum absolute atomic E-state index is 0.0208. The molecule has 1 aromatic carbocycles. The van der Waals surface area contributed by atoms with Gasteiger partial charge < -0.3 is 10.2 Å². The molecular weight excluding hydrogens is 246 g/mol. The largest absolute Gasteiger partial charge is 0.507 e. The molecule has 82 valence electrons. The molecule has 0 radical (unpaired) electrons. The number of nitrogens with one attached hydrogen (secondary N) is 1. The maximum Gasteiger partial charge on any atom is 0.339 e. The summed E-state index contributed by atoms with van der Waals surface area (Å²) in [5, 5.41) is 17.8. The highest BCUT2D eigenvalue weighted by Crippen LogP contribution is 2.22. The van der Waals surface area contributed by atoms with Gasteiger partial charge in [0.25, 0.3) is 0 Å². The van der Waals surface area contributed by atoms with E-state index in [1.165, 1.54) is 6.07 Å². The van der Waals surface area contributed by atoms with Crippen molar-refractivity contribution in [3.63, 3.8) is 0 Å². The summed E-state index contributed by atoms with van der Waals surface area (Å²) >= 11 is 0. The van der Waals surface area contributed by atoms with Crippen LogP contribution in [0.2, 0.25) is 0 Å². The number of carbonyl (C=O) groups is 1. The van der Waals surface area contributed by atoms with Gasteiger partial charge in [-0.3, -0.25) is 4.72 Å². The lowest BCUT2D eigenvalue weighted by Gasteiger charge is -2.04. The quantitative estimate of drug-likeness (QED) is 0.695. The van der Waals surface area contributed by atoms with Crippen LogP contribution in [0.15, 0.2) is 18.2 Å². The first-order valence-corrected chi connectivity index (χ1v) is 5.89. The molecule has 0 spiro atoms. The van der Waals surface area contributed by atoms with E-state index in [9.17, 15) is 18.3 Å². The lowest BCUT2D eigenvalue weighted by molar-refractivity contribution is 0.0694. The number of aromatic carboxylic acids is 1. The number of halogens is 1. The average molecular weight is 252 g/mol. The predicted octanol–water partition coefficient (Wildman–Crippen LogP) is 0.986. The number of carboxylic acid groups (broad SMARTS) is 1. The summed E-state index contributed by atoms with van der Waals surface area (Å²) < 4.78 is 23.0. The molecule has 0 aliphatic rings. The van der Waals surface area contributed by atoms with Gasteiger partial charge in [-0.1, -0.05) is 0 Å². The number of aromatic hydroxyl groups is 1. The molecule has 15 heavy (non-hydrogen) atoms. The van der Waals surface area contributed by atoms with Crippen LogP contribution in [0.4, 0.5) is 5.69 Å². The Bertz CT molecular complexity index is 498. The lowest BCUT2D eigenvalue weighted by Crippen LogP contribution is -2.05. The molecule has 0 unspecified atom stereocenters. The molecule has 0 bridgehead atoms. The topological polar surface area (TPSA) is 104 Å². The smallest absolute Gasteiger partial charge is 0.339 e. The molecule has 0 heterocycles. The monoisotopic (exact) mass is 251 g/mol. The Balaban J connectivity index is 3.07. The van der Waals surface area contributed by atoms with Crippen LogP contribution < -0.4 is 4.72 Å². The van der Waals surface area contributed by atoms with Crippen molar-refractivity contribution in [2.75, 3.05) is 4.72 Å². The molecule has 0 aromatic heterocycles. The molecule has 0 aliphatic carbocycles. The predicted molar refractivity (Wildman–Crippen MR) is 53.5 cm³/mol. The summed E-state index contributed by atoms with van der Waals surface area (Å²) in [6.07, 6.45) is 0. The summed E-state index contributed by atoms with van der Waals surface area (Å²) in [6.45, 7) is 0. The lowest BCUT2D eigenvalue weighted by atomic mass is 10.2. The van der Waals surface area contributed by atoms with Crippen molar-refractivity contribution in [2.24, 2.45) is 0 Å². The zero-order chi connectivity index (χ0) is 11.6. The van der Waals surface area contributed by atoms with E-state index >= 15 is 0 Å². The fraction of sp³-hybridized carbons (Fsp3) is 0. The molecule has 3 N–H and O–H groups in total. The number of rotatable bonds is 3. The van der Waals surface area contributed by atoms with Gasteiger partial charge in [-0.25, -0.2) is 4.79 Å². The van der Waals surface area contributed by atoms with Gasteiger partial charge >= 0.3 is 15.2 Å². The number of hydrogen-bond acceptors (Lipinski definition) is 4. The van der Waals surface area contributed by atoms with Crippen LogP contribution in [0.3, 0.4) is 0 Å². The van der Waals surface area contributed by atoms with Crippen LogP contribution in [0.1, 0.15) is 10.4 Å². The van der Waals surface area contributed by atoms with E-state index in [1.54, 1.807) is 0 Å². The Morgan fingerprint density at radius 2 is 2.00 bits per heavy atom. The van der Waals surface area contributed by atoms with Crippen molar-refractivity contribution in [2.45, 2.75) is 0 Å². The van der Waals surface area contributed by atoms with E-state index in [4.69, 9.17) is 15.8 Å². The van der Waals surface area contributed by atoms with Gasteiger partial charge in [-0.15, -0.1) is 0 Å². The minimum Gasteiger partial charge on any atom is -0.507 e. The molecule has 0 fully saturated rings. The third-order valence-electron chi connectivity index (χ3n) is 1.47. The fourth-order valence-electron chi connectivity index (χ4n) is 0.917. The zero-order valence-corrected chi connectivity index (χ0v) is 8.71. The van der Waals surface area contributed by atoms with Crippen molar-refractivity contribution in [3.05, 3.63) is 23.8 Å². The van der Waals surface area contributed by atoms with Crippen molar-refractivity contribution in [1.82, 2.24) is 0 Å². The number of benzene rings is 1. The molecule has 6 nitrogen and oxygen atoms in total. The maximum atomic E-state index is 10.6. The van der Waals surface area contributed by atoms with Crippen LogP contribution in [0.5, 0.6) is 5.75 Å². The number of phenols is 1. The van der Waals surface area contributed by atoms with Crippen molar-refractivity contribution >= 4 is 31.6 Å². The van der Waals surface area contributed by atoms with Gasteiger partial charge in [0.1, 0.15) is 11.3 Å². The first kappa shape index (κ1) is 11.6. The molecule has 1 aromatic rings. The van der Waals surface area contributed by atoms with Gasteiger partial charge in [-0.2, -0.15) is 8.42 Å². The van der Waals surface area contributed by atoms with E-state index in [1.807, 2.05) is 4.72 Å². The van der Waals surface area contributed by atoms with E-state index < -0.39 is 21.0 Å². The SMILES string of the molecule is O=C(O)c1ccc(NS(=O)(=O)Cl)cc1O. The van der Waals surface area contributed by atoms with Crippen LogP contribution in [-0.4, -0.2) is 24.6 Å². The Labute approximate surface area is 89.7 Å². The maximum absolute atomic E-state index is 10.6. The third kappa shape index (κ3) is 3.30. The average Bonchev–Trinajstić information content (AvgIpc) is 1.99. The molecule has 0 aliphatic heterocycles. The highest BCUT2D eigenvalue weighted by Gasteiger charge is 2.11. The second-order valence-electron chi connectivity index (χ2n) is 2.58. The molecule has 0 atom stereocenters. The van der Waals surface area contributed by atoms with E-state index in [2.05, 4.69) is 0 Å². The van der Waals surface area contributed by atoms with Gasteiger partial charge in [-0.05, 0) is 12.1 Å². The Morgan fingerprint density at radius 1 is 1.40 bits per heavy atom. The van der Waals surface area contributed by atoms with Gasteiger partial charge in [0.2, 0.25) is 0 Å². The molecule has 0 saturated carbocycles. The van der Waals surface area contributed by atoms with Gasteiger partial charge in [0.05, 0.1) is 5.69 Å². The second-order valence-corrected chi connectivity index (χ2v) is 4.88. The fourth-order valence-corrected chi connectivity index (χ4v) is 1.59. The number of anilines is 1. The third-order valence-corrected chi connectivity index (χ3v) is 2.18. The highest BCUT2D eigenvalue weighted by molar-refractivity contribution is 8.14. The Hall–Kier alpha value is -1.47. The summed E-state index contributed by atoms with van der Waals surface area (Å²) in [5.41, 5.74) is -0.347. The molecule has 8 heteroatoms.